The molecule has 3 rings (SSSR count). The first-order chi connectivity index (χ1) is 11.8. The van der Waals surface area contributed by atoms with Crippen molar-refractivity contribution in [2.45, 2.75) is 43.5 Å². The summed E-state index contributed by atoms with van der Waals surface area (Å²) in [6, 6.07) is 0. The van der Waals surface area contributed by atoms with Gasteiger partial charge in [-0.3, -0.25) is 4.99 Å². The Morgan fingerprint density at radius 1 is 1.20 bits per heavy atom. The number of methoxy groups -OCH3 is 1. The van der Waals surface area contributed by atoms with Crippen LogP contribution in [0.3, 0.4) is 0 Å². The van der Waals surface area contributed by atoms with E-state index in [4.69, 9.17) is 18.9 Å². The fourth-order valence-electron chi connectivity index (χ4n) is 3.76. The summed E-state index contributed by atoms with van der Waals surface area (Å²) in [6.07, 6.45) is 4.42. The van der Waals surface area contributed by atoms with Gasteiger partial charge >= 0.3 is 0 Å². The highest BCUT2D eigenvalue weighted by molar-refractivity contribution is 14.0. The van der Waals surface area contributed by atoms with Crippen LogP contribution in [-0.4, -0.2) is 88.9 Å². The highest BCUT2D eigenvalue weighted by Crippen LogP contribution is 2.24. The molecule has 2 unspecified atom stereocenters. The van der Waals surface area contributed by atoms with Crippen LogP contribution < -0.4 is 5.32 Å². The molecule has 0 aromatic rings. The van der Waals surface area contributed by atoms with E-state index in [-0.39, 0.29) is 41.8 Å². The Labute approximate surface area is 167 Å². The quantitative estimate of drug-likeness (QED) is 0.380. The SMILES string of the molecule is CN=C(NCC1(OC)CCOCC1)N1CCOC(C2CCCO2)C1.I. The molecule has 3 heterocycles. The molecule has 7 nitrogen and oxygen atoms in total. The average Bonchev–Trinajstić information content (AvgIpc) is 3.18. The summed E-state index contributed by atoms with van der Waals surface area (Å²) in [5.41, 5.74) is -0.158. The number of halogens is 1. The Bertz CT molecular complexity index is 426. The van der Waals surface area contributed by atoms with Gasteiger partial charge in [-0.25, -0.2) is 0 Å². The largest absolute Gasteiger partial charge is 0.381 e. The number of morpholine rings is 1. The monoisotopic (exact) mass is 469 g/mol. The summed E-state index contributed by atoms with van der Waals surface area (Å²) in [4.78, 5) is 6.75. The van der Waals surface area contributed by atoms with Gasteiger partial charge in [0, 0.05) is 66.5 Å². The number of nitrogens with zero attached hydrogens (tertiary/aromatic N) is 2. The van der Waals surface area contributed by atoms with Gasteiger partial charge in [-0.15, -0.1) is 24.0 Å². The number of guanidine groups is 1. The smallest absolute Gasteiger partial charge is 0.193 e. The van der Waals surface area contributed by atoms with Gasteiger partial charge in [0.15, 0.2) is 5.96 Å². The summed E-state index contributed by atoms with van der Waals surface area (Å²) in [5, 5.41) is 3.51. The average molecular weight is 469 g/mol. The van der Waals surface area contributed by atoms with Crippen LogP contribution in [0.15, 0.2) is 4.99 Å². The molecular weight excluding hydrogens is 437 g/mol. The maximum Gasteiger partial charge on any atom is 0.193 e. The molecule has 0 radical (unpaired) electrons. The Hall–Kier alpha value is -0.160. The minimum atomic E-state index is -0.158. The summed E-state index contributed by atoms with van der Waals surface area (Å²) in [5.74, 6) is 0.921. The highest BCUT2D eigenvalue weighted by atomic mass is 127. The molecule has 146 valence electrons. The van der Waals surface area contributed by atoms with Gasteiger partial charge in [-0.05, 0) is 12.8 Å². The lowest BCUT2D eigenvalue weighted by Crippen LogP contribution is -2.56. The maximum atomic E-state index is 5.93. The molecule has 0 aromatic carbocycles. The molecule has 3 aliphatic rings. The van der Waals surface area contributed by atoms with Crippen LogP contribution in [-0.2, 0) is 18.9 Å². The van der Waals surface area contributed by atoms with Crippen molar-refractivity contribution in [2.24, 2.45) is 4.99 Å². The summed E-state index contributed by atoms with van der Waals surface area (Å²) in [6.45, 7) is 5.52. The molecule has 0 aromatic heterocycles. The standard InChI is InChI=1S/C17H31N3O4.HI/c1-18-16(19-13-17(21-2)5-9-22-10-6-17)20-7-11-24-15(12-20)14-4-3-8-23-14;/h14-15H,3-13H2,1-2H3,(H,18,19);1H. The molecule has 0 saturated carbocycles. The van der Waals surface area contributed by atoms with E-state index >= 15 is 0 Å². The second-order valence-electron chi connectivity index (χ2n) is 6.81. The van der Waals surface area contributed by atoms with Crippen molar-refractivity contribution in [2.75, 3.05) is 60.2 Å². The van der Waals surface area contributed by atoms with Gasteiger partial charge in [-0.2, -0.15) is 0 Å². The highest BCUT2D eigenvalue weighted by Gasteiger charge is 2.35. The fraction of sp³-hybridized carbons (Fsp3) is 0.941. The normalized spacial score (nSPS) is 30.0. The van der Waals surface area contributed by atoms with E-state index in [2.05, 4.69) is 15.2 Å². The Morgan fingerprint density at radius 3 is 2.60 bits per heavy atom. The fourth-order valence-corrected chi connectivity index (χ4v) is 3.76. The first-order valence-corrected chi connectivity index (χ1v) is 9.08. The third-order valence-corrected chi connectivity index (χ3v) is 5.39. The van der Waals surface area contributed by atoms with Crippen molar-refractivity contribution < 1.29 is 18.9 Å². The molecule has 2 atom stereocenters. The van der Waals surface area contributed by atoms with E-state index < -0.39 is 0 Å². The van der Waals surface area contributed by atoms with E-state index in [0.29, 0.717) is 6.61 Å². The molecule has 3 aliphatic heterocycles. The molecule has 8 heteroatoms. The lowest BCUT2D eigenvalue weighted by molar-refractivity contribution is -0.0885. The molecule has 25 heavy (non-hydrogen) atoms. The number of rotatable bonds is 4. The van der Waals surface area contributed by atoms with Crippen LogP contribution in [0.2, 0.25) is 0 Å². The zero-order valence-corrected chi connectivity index (χ0v) is 17.7. The number of hydrogen-bond acceptors (Lipinski definition) is 5. The molecule has 3 saturated heterocycles. The van der Waals surface area contributed by atoms with E-state index in [1.165, 1.54) is 0 Å². The third-order valence-electron chi connectivity index (χ3n) is 5.39. The van der Waals surface area contributed by atoms with Crippen molar-refractivity contribution in [3.05, 3.63) is 0 Å². The van der Waals surface area contributed by atoms with Gasteiger partial charge in [-0.1, -0.05) is 0 Å². The molecular formula is C17H32IN3O4. The second-order valence-corrected chi connectivity index (χ2v) is 6.81. The lowest BCUT2D eigenvalue weighted by Gasteiger charge is -2.40. The van der Waals surface area contributed by atoms with Crippen molar-refractivity contribution in [1.29, 1.82) is 0 Å². The lowest BCUT2D eigenvalue weighted by atomic mass is 9.94. The van der Waals surface area contributed by atoms with Crippen LogP contribution >= 0.6 is 24.0 Å². The van der Waals surface area contributed by atoms with Crippen LogP contribution in [0.5, 0.6) is 0 Å². The zero-order chi connectivity index (χ0) is 16.8. The Balaban J connectivity index is 0.00000225. The first kappa shape index (κ1) is 21.1. The third kappa shape index (κ3) is 5.41. The van der Waals surface area contributed by atoms with E-state index in [1.54, 1.807) is 7.11 Å². The molecule has 0 aliphatic carbocycles. The topological polar surface area (TPSA) is 64.6 Å². The van der Waals surface area contributed by atoms with Crippen LogP contribution in [0, 0.1) is 0 Å². The summed E-state index contributed by atoms with van der Waals surface area (Å²) < 4.78 is 23.0. The van der Waals surface area contributed by atoms with Crippen molar-refractivity contribution in [3.63, 3.8) is 0 Å². The zero-order valence-electron chi connectivity index (χ0n) is 15.4. The van der Waals surface area contributed by atoms with Crippen LogP contribution in [0.1, 0.15) is 25.7 Å². The van der Waals surface area contributed by atoms with Gasteiger partial charge in [0.2, 0.25) is 0 Å². The van der Waals surface area contributed by atoms with Gasteiger partial charge in [0.05, 0.1) is 18.3 Å². The molecule has 0 bridgehead atoms. The van der Waals surface area contributed by atoms with Gasteiger partial charge in [0.1, 0.15) is 6.10 Å². The Kier molecular flexibility index (Phi) is 8.67. The number of ether oxygens (including phenoxy) is 4. The van der Waals surface area contributed by atoms with Crippen molar-refractivity contribution in [3.8, 4) is 0 Å². The van der Waals surface area contributed by atoms with Gasteiger partial charge < -0.3 is 29.2 Å². The number of nitrogens with one attached hydrogen (secondary N) is 1. The molecule has 3 fully saturated rings. The number of aliphatic imine (C=N–C) groups is 1. The maximum absolute atomic E-state index is 5.93. The van der Waals surface area contributed by atoms with Crippen LogP contribution in [0.4, 0.5) is 0 Å². The summed E-state index contributed by atoms with van der Waals surface area (Å²) >= 11 is 0. The first-order valence-electron chi connectivity index (χ1n) is 9.08. The second kappa shape index (κ2) is 10.2. The van der Waals surface area contributed by atoms with Crippen LogP contribution in [0.25, 0.3) is 0 Å². The Morgan fingerprint density at radius 2 is 1.96 bits per heavy atom. The molecule has 0 spiro atoms. The predicted octanol–water partition coefficient (Wildman–Crippen LogP) is 1.26. The minimum Gasteiger partial charge on any atom is -0.381 e. The predicted molar refractivity (Wildman–Crippen MR) is 107 cm³/mol. The van der Waals surface area contributed by atoms with E-state index in [0.717, 1.165) is 71.1 Å². The molecule has 0 amide bonds. The summed E-state index contributed by atoms with van der Waals surface area (Å²) in [7, 11) is 3.63. The minimum absolute atomic E-state index is 0. The number of hydrogen-bond donors (Lipinski definition) is 1. The van der Waals surface area contributed by atoms with E-state index in [9.17, 15) is 0 Å². The van der Waals surface area contributed by atoms with Gasteiger partial charge in [0.25, 0.3) is 0 Å². The van der Waals surface area contributed by atoms with Crippen molar-refractivity contribution in [1.82, 2.24) is 10.2 Å². The van der Waals surface area contributed by atoms with Crippen molar-refractivity contribution >= 4 is 29.9 Å². The molecule has 1 N–H and O–H groups in total. The van der Waals surface area contributed by atoms with E-state index in [1.807, 2.05) is 7.05 Å².